The van der Waals surface area contributed by atoms with Gasteiger partial charge in [-0.3, -0.25) is 4.98 Å². The molecule has 2 aromatic rings. The summed E-state index contributed by atoms with van der Waals surface area (Å²) < 4.78 is 5.35. The Kier molecular flexibility index (Phi) is 5.36. The average Bonchev–Trinajstić information content (AvgIpc) is 2.50. The predicted octanol–water partition coefficient (Wildman–Crippen LogP) is 3.30. The van der Waals surface area contributed by atoms with E-state index in [1.165, 1.54) is 0 Å². The van der Waals surface area contributed by atoms with Crippen LogP contribution in [0, 0.1) is 13.8 Å². The van der Waals surface area contributed by atoms with Crippen molar-refractivity contribution in [3.05, 3.63) is 52.8 Å². The first kappa shape index (κ1) is 15.8. The molecule has 0 spiro atoms. The highest BCUT2D eigenvalue weighted by Gasteiger charge is 2.08. The molecule has 0 aliphatic rings. The van der Waals surface area contributed by atoms with Crippen molar-refractivity contribution in [2.75, 3.05) is 19.5 Å². The van der Waals surface area contributed by atoms with Gasteiger partial charge in [0.15, 0.2) is 0 Å². The van der Waals surface area contributed by atoms with E-state index >= 15 is 0 Å². The second-order valence-electron chi connectivity index (χ2n) is 4.96. The van der Waals surface area contributed by atoms with Gasteiger partial charge in [0.05, 0.1) is 24.6 Å². The number of rotatable bonds is 6. The minimum Gasteiger partial charge on any atom is -0.496 e. The number of nitrogens with one attached hydrogen (secondary N) is 1. The van der Waals surface area contributed by atoms with Gasteiger partial charge in [0.1, 0.15) is 12.4 Å². The number of pyridine rings is 1. The Hall–Kier alpha value is -2.56. The molecule has 5 heteroatoms. The molecule has 0 radical (unpaired) electrons. The van der Waals surface area contributed by atoms with Crippen molar-refractivity contribution in [3.63, 3.8) is 0 Å². The molecule has 1 aromatic heterocycles. The fourth-order valence-corrected chi connectivity index (χ4v) is 2.27. The highest BCUT2D eigenvalue weighted by atomic mass is 16.6. The van der Waals surface area contributed by atoms with Crippen molar-refractivity contribution >= 4 is 11.9 Å². The number of hydrogen-bond acceptors (Lipinski definition) is 5. The Bertz CT molecular complexity index is 626. The topological polar surface area (TPSA) is 55.7 Å². The van der Waals surface area contributed by atoms with Gasteiger partial charge in [0.25, 0.3) is 0 Å². The average molecular weight is 299 g/mol. The normalized spacial score (nSPS) is 10.7. The molecular weight excluding hydrogens is 278 g/mol. The molecule has 0 aliphatic carbocycles. The van der Waals surface area contributed by atoms with Crippen LogP contribution < -0.4 is 10.1 Å². The van der Waals surface area contributed by atoms with E-state index in [1.54, 1.807) is 13.3 Å². The number of oxime groups is 1. The third-order valence-electron chi connectivity index (χ3n) is 3.21. The van der Waals surface area contributed by atoms with Gasteiger partial charge in [-0.15, -0.1) is 0 Å². The van der Waals surface area contributed by atoms with Crippen LogP contribution in [0.3, 0.4) is 0 Å². The van der Waals surface area contributed by atoms with Crippen LogP contribution in [0.2, 0.25) is 0 Å². The summed E-state index contributed by atoms with van der Waals surface area (Å²) in [4.78, 5) is 9.78. The molecular formula is C17H21N3O2. The first-order chi connectivity index (χ1) is 10.6. The lowest BCUT2D eigenvalue weighted by atomic mass is 10.1. The summed E-state index contributed by atoms with van der Waals surface area (Å²) in [5.41, 5.74) is 4.78. The Morgan fingerprint density at radius 3 is 2.77 bits per heavy atom. The van der Waals surface area contributed by atoms with Gasteiger partial charge in [-0.2, -0.15) is 0 Å². The van der Waals surface area contributed by atoms with Crippen LogP contribution in [0.25, 0.3) is 0 Å². The third kappa shape index (κ3) is 3.97. The quantitative estimate of drug-likeness (QED) is 0.657. The van der Waals surface area contributed by atoms with E-state index in [4.69, 9.17) is 9.57 Å². The maximum atomic E-state index is 5.40. The zero-order valence-electron chi connectivity index (χ0n) is 13.4. The smallest absolute Gasteiger partial charge is 0.147 e. The van der Waals surface area contributed by atoms with E-state index < -0.39 is 0 Å². The fourth-order valence-electron chi connectivity index (χ4n) is 2.27. The largest absolute Gasteiger partial charge is 0.496 e. The van der Waals surface area contributed by atoms with Crippen molar-refractivity contribution in [1.82, 2.24) is 4.98 Å². The summed E-state index contributed by atoms with van der Waals surface area (Å²) in [5, 5.41) is 7.12. The van der Waals surface area contributed by atoms with Gasteiger partial charge >= 0.3 is 0 Å². The minimum atomic E-state index is 0.321. The summed E-state index contributed by atoms with van der Waals surface area (Å²) in [6.45, 7) is 4.31. The Morgan fingerprint density at radius 2 is 2.09 bits per heavy atom. The molecule has 0 amide bonds. The van der Waals surface area contributed by atoms with Crippen LogP contribution in [0.1, 0.15) is 22.5 Å². The Morgan fingerprint density at radius 1 is 1.27 bits per heavy atom. The van der Waals surface area contributed by atoms with Crippen molar-refractivity contribution in [3.8, 4) is 5.75 Å². The zero-order valence-corrected chi connectivity index (χ0v) is 13.4. The van der Waals surface area contributed by atoms with Crippen molar-refractivity contribution in [2.24, 2.45) is 5.16 Å². The molecule has 1 N–H and O–H groups in total. The van der Waals surface area contributed by atoms with E-state index in [9.17, 15) is 0 Å². The second-order valence-corrected chi connectivity index (χ2v) is 4.96. The van der Waals surface area contributed by atoms with Gasteiger partial charge < -0.3 is 14.9 Å². The molecule has 0 unspecified atom stereocenters. The van der Waals surface area contributed by atoms with Gasteiger partial charge in [0.2, 0.25) is 0 Å². The molecule has 1 heterocycles. The lowest BCUT2D eigenvalue weighted by Gasteiger charge is -2.12. The van der Waals surface area contributed by atoms with Crippen LogP contribution in [-0.2, 0) is 11.4 Å². The van der Waals surface area contributed by atoms with E-state index in [0.717, 1.165) is 34.0 Å². The maximum absolute atomic E-state index is 5.40. The van der Waals surface area contributed by atoms with E-state index in [-0.39, 0.29) is 0 Å². The first-order valence-electron chi connectivity index (χ1n) is 7.08. The van der Waals surface area contributed by atoms with Gasteiger partial charge in [-0.05, 0) is 43.7 Å². The van der Waals surface area contributed by atoms with E-state index in [0.29, 0.717) is 6.61 Å². The number of benzene rings is 1. The van der Waals surface area contributed by atoms with Crippen LogP contribution in [-0.4, -0.2) is 25.4 Å². The van der Waals surface area contributed by atoms with Crippen molar-refractivity contribution < 1.29 is 9.57 Å². The molecule has 0 atom stereocenters. The number of nitrogens with zero attached hydrogens (tertiary/aromatic N) is 2. The van der Waals surface area contributed by atoms with Gasteiger partial charge in [-0.25, -0.2) is 0 Å². The number of ether oxygens (including phenoxy) is 1. The highest BCUT2D eigenvalue weighted by molar-refractivity contribution is 5.76. The predicted molar refractivity (Wildman–Crippen MR) is 88.6 cm³/mol. The SMILES string of the molecule is CNc1cccc(OC)c1CON=Cc1cc(C)cc(C)n1. The second kappa shape index (κ2) is 7.45. The molecule has 0 saturated carbocycles. The Balaban J connectivity index is 2.06. The molecule has 0 fully saturated rings. The highest BCUT2D eigenvalue weighted by Crippen LogP contribution is 2.26. The fraction of sp³-hybridized carbons (Fsp3) is 0.294. The van der Waals surface area contributed by atoms with Crippen LogP contribution in [0.4, 0.5) is 5.69 Å². The number of aryl methyl sites for hydroxylation is 2. The van der Waals surface area contributed by atoms with Crippen LogP contribution in [0.15, 0.2) is 35.5 Å². The summed E-state index contributed by atoms with van der Waals surface area (Å²) in [7, 11) is 3.50. The first-order valence-corrected chi connectivity index (χ1v) is 7.08. The molecule has 2 rings (SSSR count). The molecule has 0 saturated heterocycles. The van der Waals surface area contributed by atoms with Crippen LogP contribution in [0.5, 0.6) is 5.75 Å². The van der Waals surface area contributed by atoms with Crippen molar-refractivity contribution in [1.29, 1.82) is 0 Å². The number of aromatic nitrogens is 1. The third-order valence-corrected chi connectivity index (χ3v) is 3.21. The summed E-state index contributed by atoms with van der Waals surface area (Å²) in [6.07, 6.45) is 1.62. The Labute approximate surface area is 131 Å². The number of methoxy groups -OCH3 is 1. The van der Waals surface area contributed by atoms with Gasteiger partial charge in [-0.1, -0.05) is 11.2 Å². The van der Waals surface area contributed by atoms with E-state index in [2.05, 4.69) is 15.5 Å². The van der Waals surface area contributed by atoms with Gasteiger partial charge in [0, 0.05) is 18.4 Å². The minimum absolute atomic E-state index is 0.321. The monoisotopic (exact) mass is 299 g/mol. The number of anilines is 1. The van der Waals surface area contributed by atoms with E-state index in [1.807, 2.05) is 51.2 Å². The lowest BCUT2D eigenvalue weighted by Crippen LogP contribution is -2.00. The molecule has 0 bridgehead atoms. The summed E-state index contributed by atoms with van der Waals surface area (Å²) in [5.74, 6) is 0.770. The summed E-state index contributed by atoms with van der Waals surface area (Å²) in [6, 6.07) is 9.77. The lowest BCUT2D eigenvalue weighted by molar-refractivity contribution is 0.130. The molecule has 22 heavy (non-hydrogen) atoms. The summed E-state index contributed by atoms with van der Waals surface area (Å²) >= 11 is 0. The molecule has 5 nitrogen and oxygen atoms in total. The molecule has 1 aromatic carbocycles. The zero-order chi connectivity index (χ0) is 15.9. The van der Waals surface area contributed by atoms with Crippen LogP contribution >= 0.6 is 0 Å². The standard InChI is InChI=1S/C17H21N3O2/c1-12-8-13(2)20-14(9-12)10-19-22-11-15-16(18-3)6-5-7-17(15)21-4/h5-10,18H,11H2,1-4H3. The van der Waals surface area contributed by atoms with Crippen molar-refractivity contribution in [2.45, 2.75) is 20.5 Å². The molecule has 0 aliphatic heterocycles. The molecule has 116 valence electrons. The maximum Gasteiger partial charge on any atom is 0.147 e. The number of hydrogen-bond donors (Lipinski definition) is 1.